The third-order valence-electron chi connectivity index (χ3n) is 3.30. The maximum absolute atomic E-state index is 2.42. The van der Waals surface area contributed by atoms with Crippen LogP contribution < -0.4 is 0 Å². The van der Waals surface area contributed by atoms with Gasteiger partial charge >= 0.3 is 0 Å². The fraction of sp³-hybridized carbons (Fsp3) is 0.533. The van der Waals surface area contributed by atoms with Crippen LogP contribution in [0.2, 0.25) is 0 Å². The van der Waals surface area contributed by atoms with Gasteiger partial charge in [-0.1, -0.05) is 45.9 Å². The fourth-order valence-corrected chi connectivity index (χ4v) is 2.16. The van der Waals surface area contributed by atoms with Crippen LogP contribution in [0.25, 0.3) is 0 Å². The molecule has 0 atom stereocenters. The molecule has 0 nitrogen and oxygen atoms in total. The Kier molecular flexibility index (Phi) is 2.86. The Balaban J connectivity index is 2.40. The Morgan fingerprint density at radius 3 is 2.33 bits per heavy atom. The fourth-order valence-electron chi connectivity index (χ4n) is 2.16. The molecule has 2 rings (SSSR count). The summed E-state index contributed by atoms with van der Waals surface area (Å²) in [6, 6.07) is 7.03. The lowest BCUT2D eigenvalue weighted by Crippen LogP contribution is -1.98. The molecule has 0 amide bonds. The Morgan fingerprint density at radius 1 is 1.20 bits per heavy atom. The largest absolute Gasteiger partial charge is 0.0587 e. The summed E-state index contributed by atoms with van der Waals surface area (Å²) in [6.07, 6.45) is 2.79. The highest BCUT2D eigenvalue weighted by Crippen LogP contribution is 2.44. The molecule has 1 fully saturated rings. The predicted octanol–water partition coefficient (Wildman–Crippen LogP) is 4.65. The van der Waals surface area contributed by atoms with Gasteiger partial charge in [-0.2, -0.15) is 0 Å². The second kappa shape index (κ2) is 4.00. The van der Waals surface area contributed by atoms with Crippen molar-refractivity contribution in [2.75, 3.05) is 0 Å². The van der Waals surface area contributed by atoms with Gasteiger partial charge in [-0.3, -0.25) is 0 Å². The summed E-state index contributed by atoms with van der Waals surface area (Å²) in [5, 5.41) is 0. The van der Waals surface area contributed by atoms with E-state index in [1.165, 1.54) is 24.3 Å². The van der Waals surface area contributed by atoms with Crippen molar-refractivity contribution in [1.29, 1.82) is 0 Å². The van der Waals surface area contributed by atoms with E-state index in [1.54, 1.807) is 11.1 Å². The summed E-state index contributed by atoms with van der Waals surface area (Å²) in [7, 11) is 0. The van der Waals surface area contributed by atoms with E-state index in [9.17, 15) is 0 Å². The van der Waals surface area contributed by atoms with Crippen molar-refractivity contribution in [1.82, 2.24) is 0 Å². The minimum absolute atomic E-state index is 0.659. The molecule has 0 saturated heterocycles. The van der Waals surface area contributed by atoms with Crippen LogP contribution in [0.15, 0.2) is 18.2 Å². The van der Waals surface area contributed by atoms with Crippen LogP contribution in [0.4, 0.5) is 0 Å². The first kappa shape index (κ1) is 10.7. The highest BCUT2D eigenvalue weighted by atomic mass is 14.3. The molecule has 1 aliphatic carbocycles. The van der Waals surface area contributed by atoms with Gasteiger partial charge in [0.15, 0.2) is 0 Å². The highest BCUT2D eigenvalue weighted by Gasteiger charge is 2.27. The van der Waals surface area contributed by atoms with Crippen molar-refractivity contribution in [3.05, 3.63) is 40.8 Å². The molecule has 1 saturated carbocycles. The molecule has 0 unspecified atom stereocenters. The van der Waals surface area contributed by atoms with Crippen LogP contribution in [0.3, 0.4) is 0 Å². The van der Waals surface area contributed by atoms with Crippen molar-refractivity contribution in [3.63, 3.8) is 0 Å². The summed E-state index contributed by atoms with van der Waals surface area (Å²) in [6.45, 7) is 8.98. The van der Waals surface area contributed by atoms with Gasteiger partial charge in [-0.05, 0) is 47.3 Å². The molecule has 0 spiro atoms. The first-order chi connectivity index (χ1) is 7.09. The Morgan fingerprint density at radius 2 is 1.87 bits per heavy atom. The molecule has 0 bridgehead atoms. The first-order valence-corrected chi connectivity index (χ1v) is 6.04. The zero-order valence-corrected chi connectivity index (χ0v) is 10.3. The highest BCUT2D eigenvalue weighted by molar-refractivity contribution is 5.42. The van der Waals surface area contributed by atoms with E-state index in [0.29, 0.717) is 5.92 Å². The van der Waals surface area contributed by atoms with Gasteiger partial charge in [0.2, 0.25) is 0 Å². The molecule has 0 aromatic heterocycles. The monoisotopic (exact) mass is 201 g/mol. The summed E-state index contributed by atoms with van der Waals surface area (Å²) < 4.78 is 0. The number of hydrogen-bond donors (Lipinski definition) is 0. The van der Waals surface area contributed by atoms with E-state index in [1.807, 2.05) is 0 Å². The normalized spacial score (nSPS) is 16.4. The third-order valence-corrected chi connectivity index (χ3v) is 3.30. The van der Waals surface area contributed by atoms with Gasteiger partial charge in [0, 0.05) is 0 Å². The molecule has 15 heavy (non-hydrogen) atoms. The topological polar surface area (TPSA) is 0 Å². The molecular weight excluding hydrogens is 180 g/mol. The molecular formula is C15H21. The molecule has 1 radical (unpaired) electrons. The van der Waals surface area contributed by atoms with Gasteiger partial charge in [0.05, 0.1) is 0 Å². The molecule has 1 aromatic carbocycles. The van der Waals surface area contributed by atoms with Gasteiger partial charge in [0.25, 0.3) is 0 Å². The van der Waals surface area contributed by atoms with Gasteiger partial charge in [0.1, 0.15) is 0 Å². The molecule has 0 heteroatoms. The first-order valence-electron chi connectivity index (χ1n) is 6.04. The number of rotatable bonds is 3. The minimum atomic E-state index is 0.659. The molecule has 0 aliphatic heterocycles. The average Bonchev–Trinajstić information content (AvgIpc) is 2.99. The lowest BCUT2D eigenvalue weighted by Gasteiger charge is -2.15. The standard InChI is InChI=1S/C15H21/c1-10(2)13-7-8-14(11(3)4)15(9-13)12-5-6-12/h7-9,11-12H,5-6H2,1-4H3. The minimum Gasteiger partial charge on any atom is -0.0587 e. The van der Waals surface area contributed by atoms with E-state index in [-0.39, 0.29) is 0 Å². The van der Waals surface area contributed by atoms with Crippen LogP contribution in [0.5, 0.6) is 0 Å². The van der Waals surface area contributed by atoms with Crippen LogP contribution >= 0.6 is 0 Å². The summed E-state index contributed by atoms with van der Waals surface area (Å²) in [5.74, 6) is 2.95. The van der Waals surface area contributed by atoms with E-state index >= 15 is 0 Å². The molecule has 1 aliphatic rings. The lowest BCUT2D eigenvalue weighted by molar-refractivity contribution is 0.840. The Bertz CT molecular complexity index is 343. The van der Waals surface area contributed by atoms with Crippen molar-refractivity contribution in [3.8, 4) is 0 Å². The van der Waals surface area contributed by atoms with Crippen molar-refractivity contribution < 1.29 is 0 Å². The second-order valence-electron chi connectivity index (χ2n) is 5.27. The summed E-state index contributed by atoms with van der Waals surface area (Å²) >= 11 is 0. The maximum Gasteiger partial charge on any atom is -0.00119 e. The predicted molar refractivity (Wildman–Crippen MR) is 66.2 cm³/mol. The van der Waals surface area contributed by atoms with Crippen molar-refractivity contribution in [2.24, 2.45) is 0 Å². The van der Waals surface area contributed by atoms with E-state index in [4.69, 9.17) is 0 Å². The third kappa shape index (κ3) is 2.25. The van der Waals surface area contributed by atoms with Crippen LogP contribution in [-0.2, 0) is 0 Å². The Hall–Kier alpha value is -0.780. The van der Waals surface area contributed by atoms with Gasteiger partial charge in [-0.15, -0.1) is 0 Å². The molecule has 0 N–H and O–H groups in total. The quantitative estimate of drug-likeness (QED) is 0.667. The lowest BCUT2D eigenvalue weighted by atomic mass is 9.90. The Labute approximate surface area is 93.7 Å². The van der Waals surface area contributed by atoms with Crippen LogP contribution in [0.1, 0.15) is 69.1 Å². The SMILES string of the molecule is C[C](C)c1ccc(C(C)C)c(C2CC2)c1. The van der Waals surface area contributed by atoms with Gasteiger partial charge < -0.3 is 0 Å². The molecule has 1 aromatic rings. The van der Waals surface area contributed by atoms with Crippen molar-refractivity contribution in [2.45, 2.75) is 52.4 Å². The number of hydrogen-bond acceptors (Lipinski definition) is 0. The van der Waals surface area contributed by atoms with Crippen LogP contribution in [0, 0.1) is 5.92 Å². The average molecular weight is 201 g/mol. The van der Waals surface area contributed by atoms with E-state index in [2.05, 4.69) is 45.9 Å². The molecule has 81 valence electrons. The second-order valence-corrected chi connectivity index (χ2v) is 5.27. The van der Waals surface area contributed by atoms with E-state index < -0.39 is 0 Å². The zero-order chi connectivity index (χ0) is 11.0. The number of benzene rings is 1. The van der Waals surface area contributed by atoms with Crippen molar-refractivity contribution >= 4 is 0 Å². The summed E-state index contributed by atoms with van der Waals surface area (Å²) in [5.41, 5.74) is 4.59. The van der Waals surface area contributed by atoms with Crippen LogP contribution in [-0.4, -0.2) is 0 Å². The van der Waals surface area contributed by atoms with Gasteiger partial charge in [-0.25, -0.2) is 0 Å². The molecule has 0 heterocycles. The zero-order valence-electron chi connectivity index (χ0n) is 10.3. The summed E-state index contributed by atoms with van der Waals surface area (Å²) in [4.78, 5) is 0. The van der Waals surface area contributed by atoms with E-state index in [0.717, 1.165) is 5.92 Å². The smallest absolute Gasteiger partial charge is 0.00119 e. The maximum atomic E-state index is 2.42.